The molecule has 2 rings (SSSR count). The second-order valence-electron chi connectivity index (χ2n) is 4.14. The van der Waals surface area contributed by atoms with Crippen molar-refractivity contribution in [3.63, 3.8) is 0 Å². The van der Waals surface area contributed by atoms with Crippen molar-refractivity contribution in [2.45, 2.75) is 25.8 Å². The molecular weight excluding hydrogens is 228 g/mol. The highest BCUT2D eigenvalue weighted by Crippen LogP contribution is 2.30. The molecular formula is C14H18N2S. The molecule has 0 spiro atoms. The van der Waals surface area contributed by atoms with Crippen LogP contribution in [0.3, 0.4) is 0 Å². The van der Waals surface area contributed by atoms with Crippen molar-refractivity contribution in [2.75, 3.05) is 6.54 Å². The molecule has 0 fully saturated rings. The standard InChI is InChI=1S/C14H18N2S/c1-3-15-14(12-7-9-17-10-12)11(2)13-6-4-5-8-16-13/h4-11,14-15H,3H2,1-2H3. The van der Waals surface area contributed by atoms with Crippen molar-refractivity contribution in [2.24, 2.45) is 0 Å². The first-order valence-electron chi connectivity index (χ1n) is 5.99. The number of hydrogen-bond donors (Lipinski definition) is 1. The van der Waals surface area contributed by atoms with E-state index in [9.17, 15) is 0 Å². The van der Waals surface area contributed by atoms with Crippen LogP contribution in [0.4, 0.5) is 0 Å². The quantitative estimate of drug-likeness (QED) is 0.872. The van der Waals surface area contributed by atoms with Gasteiger partial charge < -0.3 is 5.32 Å². The predicted octanol–water partition coefficient (Wildman–Crippen LogP) is 3.60. The first-order valence-corrected chi connectivity index (χ1v) is 6.93. The number of aromatic nitrogens is 1. The Balaban J connectivity index is 2.22. The van der Waals surface area contributed by atoms with Crippen LogP contribution in [-0.4, -0.2) is 11.5 Å². The van der Waals surface area contributed by atoms with Crippen LogP contribution in [0, 0.1) is 0 Å². The van der Waals surface area contributed by atoms with Crippen molar-refractivity contribution in [1.29, 1.82) is 0 Å². The Morgan fingerprint density at radius 3 is 2.82 bits per heavy atom. The topological polar surface area (TPSA) is 24.9 Å². The molecule has 0 aliphatic heterocycles. The summed E-state index contributed by atoms with van der Waals surface area (Å²) >= 11 is 1.75. The summed E-state index contributed by atoms with van der Waals surface area (Å²) in [4.78, 5) is 4.46. The molecule has 17 heavy (non-hydrogen) atoms. The smallest absolute Gasteiger partial charge is 0.0450 e. The Hall–Kier alpha value is -1.19. The molecule has 0 aliphatic carbocycles. The van der Waals surface area contributed by atoms with E-state index >= 15 is 0 Å². The molecule has 1 N–H and O–H groups in total. The van der Waals surface area contributed by atoms with E-state index in [2.05, 4.69) is 53.1 Å². The van der Waals surface area contributed by atoms with Crippen molar-refractivity contribution in [3.05, 3.63) is 52.5 Å². The van der Waals surface area contributed by atoms with Crippen molar-refractivity contribution < 1.29 is 0 Å². The lowest BCUT2D eigenvalue weighted by atomic mass is 9.93. The first-order chi connectivity index (χ1) is 8.33. The van der Waals surface area contributed by atoms with E-state index in [0.717, 1.165) is 12.2 Å². The van der Waals surface area contributed by atoms with Gasteiger partial charge in [0.2, 0.25) is 0 Å². The number of hydrogen-bond acceptors (Lipinski definition) is 3. The van der Waals surface area contributed by atoms with Crippen molar-refractivity contribution in [3.8, 4) is 0 Å². The maximum absolute atomic E-state index is 4.46. The van der Waals surface area contributed by atoms with Gasteiger partial charge in [-0.1, -0.05) is 19.9 Å². The van der Waals surface area contributed by atoms with E-state index in [1.807, 2.05) is 12.3 Å². The molecule has 2 unspecified atom stereocenters. The lowest BCUT2D eigenvalue weighted by molar-refractivity contribution is 0.473. The summed E-state index contributed by atoms with van der Waals surface area (Å²) < 4.78 is 0. The van der Waals surface area contributed by atoms with E-state index < -0.39 is 0 Å². The van der Waals surface area contributed by atoms with Crippen LogP contribution in [0.5, 0.6) is 0 Å². The molecule has 0 saturated heterocycles. The van der Waals surface area contributed by atoms with E-state index in [4.69, 9.17) is 0 Å². The van der Waals surface area contributed by atoms with Gasteiger partial charge in [-0.2, -0.15) is 11.3 Å². The monoisotopic (exact) mass is 246 g/mol. The van der Waals surface area contributed by atoms with Gasteiger partial charge in [0.25, 0.3) is 0 Å². The van der Waals surface area contributed by atoms with Gasteiger partial charge in [0.1, 0.15) is 0 Å². The third-order valence-corrected chi connectivity index (χ3v) is 3.68. The second-order valence-corrected chi connectivity index (χ2v) is 4.92. The Labute approximate surface area is 107 Å². The SMILES string of the molecule is CCNC(c1ccsc1)C(C)c1ccccn1. The summed E-state index contributed by atoms with van der Waals surface area (Å²) in [7, 11) is 0. The lowest BCUT2D eigenvalue weighted by Crippen LogP contribution is -2.25. The van der Waals surface area contributed by atoms with Gasteiger partial charge in [-0.15, -0.1) is 0 Å². The summed E-state index contributed by atoms with van der Waals surface area (Å²) in [5.41, 5.74) is 2.50. The first kappa shape index (κ1) is 12.3. The van der Waals surface area contributed by atoms with Gasteiger partial charge in [0.15, 0.2) is 0 Å². The Morgan fingerprint density at radius 1 is 1.35 bits per heavy atom. The average Bonchev–Trinajstić information content (AvgIpc) is 2.90. The highest BCUT2D eigenvalue weighted by molar-refractivity contribution is 7.07. The second kappa shape index (κ2) is 5.94. The number of thiophene rings is 1. The van der Waals surface area contributed by atoms with Crippen LogP contribution >= 0.6 is 11.3 Å². The Bertz CT molecular complexity index is 425. The number of rotatable bonds is 5. The van der Waals surface area contributed by atoms with Crippen LogP contribution < -0.4 is 5.32 Å². The molecule has 2 nitrogen and oxygen atoms in total. The summed E-state index contributed by atoms with van der Waals surface area (Å²) in [6.45, 7) is 5.34. The molecule has 0 aliphatic rings. The Morgan fingerprint density at radius 2 is 2.24 bits per heavy atom. The zero-order chi connectivity index (χ0) is 12.1. The average molecular weight is 246 g/mol. The third-order valence-electron chi connectivity index (χ3n) is 2.98. The molecule has 0 aromatic carbocycles. The van der Waals surface area contributed by atoms with E-state index in [1.165, 1.54) is 5.56 Å². The minimum Gasteiger partial charge on any atom is -0.310 e. The van der Waals surface area contributed by atoms with Gasteiger partial charge in [0.05, 0.1) is 0 Å². The van der Waals surface area contributed by atoms with Gasteiger partial charge in [-0.05, 0) is 41.1 Å². The van der Waals surface area contributed by atoms with Gasteiger partial charge >= 0.3 is 0 Å². The summed E-state index contributed by atoms with van der Waals surface area (Å²) in [5.74, 6) is 0.380. The molecule has 90 valence electrons. The minimum atomic E-state index is 0.348. The van der Waals surface area contributed by atoms with Gasteiger partial charge in [-0.3, -0.25) is 4.98 Å². The summed E-state index contributed by atoms with van der Waals surface area (Å²) in [5, 5.41) is 7.89. The predicted molar refractivity (Wildman–Crippen MR) is 73.4 cm³/mol. The minimum absolute atomic E-state index is 0.348. The maximum Gasteiger partial charge on any atom is 0.0450 e. The molecule has 2 heterocycles. The van der Waals surface area contributed by atoms with Crippen LogP contribution in [0.25, 0.3) is 0 Å². The van der Waals surface area contributed by atoms with Gasteiger partial charge in [-0.25, -0.2) is 0 Å². The van der Waals surface area contributed by atoms with Crippen molar-refractivity contribution in [1.82, 2.24) is 10.3 Å². The fourth-order valence-corrected chi connectivity index (χ4v) is 2.77. The number of nitrogens with zero attached hydrogens (tertiary/aromatic N) is 1. The molecule has 2 aromatic heterocycles. The van der Waals surface area contributed by atoms with Crippen LogP contribution in [-0.2, 0) is 0 Å². The molecule has 0 amide bonds. The fourth-order valence-electron chi connectivity index (χ4n) is 2.07. The highest BCUT2D eigenvalue weighted by atomic mass is 32.1. The molecule has 2 atom stereocenters. The largest absolute Gasteiger partial charge is 0.310 e. The molecule has 0 radical (unpaired) electrons. The zero-order valence-electron chi connectivity index (χ0n) is 10.3. The molecule has 0 bridgehead atoms. The van der Waals surface area contributed by atoms with Gasteiger partial charge in [0, 0.05) is 23.9 Å². The third kappa shape index (κ3) is 2.93. The molecule has 3 heteroatoms. The number of nitrogens with one attached hydrogen (secondary N) is 1. The number of pyridine rings is 1. The van der Waals surface area contributed by atoms with Crippen molar-refractivity contribution >= 4 is 11.3 Å². The molecule has 2 aromatic rings. The number of likely N-dealkylation sites (N-methyl/N-ethyl adjacent to an activating group) is 1. The van der Waals surface area contributed by atoms with E-state index in [1.54, 1.807) is 11.3 Å². The normalized spacial score (nSPS) is 14.5. The van der Waals surface area contributed by atoms with Crippen LogP contribution in [0.2, 0.25) is 0 Å². The van der Waals surface area contributed by atoms with Crippen LogP contribution in [0.15, 0.2) is 41.2 Å². The lowest BCUT2D eigenvalue weighted by Gasteiger charge is -2.23. The molecule has 0 saturated carbocycles. The van der Waals surface area contributed by atoms with Crippen LogP contribution in [0.1, 0.15) is 37.1 Å². The van der Waals surface area contributed by atoms with E-state index in [0.29, 0.717) is 12.0 Å². The Kier molecular flexibility index (Phi) is 4.29. The highest BCUT2D eigenvalue weighted by Gasteiger charge is 2.20. The van der Waals surface area contributed by atoms with E-state index in [-0.39, 0.29) is 0 Å². The zero-order valence-corrected chi connectivity index (χ0v) is 11.1. The maximum atomic E-state index is 4.46. The summed E-state index contributed by atoms with van der Waals surface area (Å²) in [6, 6.07) is 8.65. The summed E-state index contributed by atoms with van der Waals surface area (Å²) in [6.07, 6.45) is 1.86. The fraction of sp³-hybridized carbons (Fsp3) is 0.357.